The van der Waals surface area contributed by atoms with Gasteiger partial charge in [0, 0.05) is 6.07 Å². The summed E-state index contributed by atoms with van der Waals surface area (Å²) < 4.78 is 0. The number of hydrogen-bond acceptors (Lipinski definition) is 3. The Morgan fingerprint density at radius 1 is 1.70 bits per heavy atom. The van der Waals surface area contributed by atoms with Gasteiger partial charge in [-0.3, -0.25) is 0 Å². The van der Waals surface area contributed by atoms with E-state index in [2.05, 4.69) is 14.8 Å². The SMILES string of the molecule is [C-]#[N+]c1nccc(C#N)n1. The van der Waals surface area contributed by atoms with Crippen molar-refractivity contribution in [2.45, 2.75) is 0 Å². The number of hydrogen-bond donors (Lipinski definition) is 0. The molecular weight excluding hydrogens is 128 g/mol. The van der Waals surface area contributed by atoms with E-state index in [0.29, 0.717) is 0 Å². The molecule has 0 saturated heterocycles. The summed E-state index contributed by atoms with van der Waals surface area (Å²) in [5.41, 5.74) is 0.223. The summed E-state index contributed by atoms with van der Waals surface area (Å²) >= 11 is 0. The Kier molecular flexibility index (Phi) is 1.58. The third-order valence-corrected chi connectivity index (χ3v) is 0.857. The van der Waals surface area contributed by atoms with Gasteiger partial charge in [-0.15, -0.1) is 11.6 Å². The maximum atomic E-state index is 8.31. The van der Waals surface area contributed by atoms with E-state index in [1.54, 1.807) is 0 Å². The third kappa shape index (κ3) is 1.07. The van der Waals surface area contributed by atoms with Crippen molar-refractivity contribution in [3.8, 4) is 6.07 Å². The molecule has 1 rings (SSSR count). The molecule has 0 aliphatic rings. The van der Waals surface area contributed by atoms with Gasteiger partial charge in [-0.05, 0) is 0 Å². The van der Waals surface area contributed by atoms with Crippen molar-refractivity contribution in [2.24, 2.45) is 0 Å². The molecule has 0 amide bonds. The summed E-state index contributed by atoms with van der Waals surface area (Å²) in [5.74, 6) is 0.0130. The minimum absolute atomic E-state index is 0.0130. The predicted octanol–water partition coefficient (Wildman–Crippen LogP) is 0.899. The average Bonchev–Trinajstić information content (AvgIpc) is 2.05. The lowest BCUT2D eigenvalue weighted by molar-refractivity contribution is 1.17. The summed E-state index contributed by atoms with van der Waals surface area (Å²) in [5, 5.41) is 8.31. The quantitative estimate of drug-likeness (QED) is 0.490. The van der Waals surface area contributed by atoms with Gasteiger partial charge in [-0.1, -0.05) is 0 Å². The van der Waals surface area contributed by atoms with E-state index in [1.807, 2.05) is 6.07 Å². The Labute approximate surface area is 57.6 Å². The first kappa shape index (κ1) is 6.18. The average molecular weight is 130 g/mol. The van der Waals surface area contributed by atoms with E-state index in [9.17, 15) is 0 Å². The molecule has 4 heteroatoms. The van der Waals surface area contributed by atoms with E-state index in [0.717, 1.165) is 0 Å². The highest BCUT2D eigenvalue weighted by atomic mass is 15.0. The van der Waals surface area contributed by atoms with Gasteiger partial charge in [0.25, 0.3) is 0 Å². The lowest BCUT2D eigenvalue weighted by Gasteiger charge is -1.82. The Morgan fingerprint density at radius 3 is 3.10 bits per heavy atom. The molecule has 0 N–H and O–H groups in total. The van der Waals surface area contributed by atoms with E-state index < -0.39 is 0 Å². The van der Waals surface area contributed by atoms with Gasteiger partial charge < -0.3 is 4.85 Å². The highest BCUT2D eigenvalue weighted by molar-refractivity contribution is 5.30. The molecule has 0 fully saturated rings. The zero-order valence-electron chi connectivity index (χ0n) is 4.94. The lowest BCUT2D eigenvalue weighted by atomic mass is 10.4. The van der Waals surface area contributed by atoms with Crippen LogP contribution in [0.25, 0.3) is 4.85 Å². The van der Waals surface area contributed by atoms with Crippen LogP contribution in [0.3, 0.4) is 0 Å². The Balaban J connectivity index is 3.17. The molecule has 46 valence electrons. The minimum Gasteiger partial charge on any atom is -0.394 e. The maximum Gasteiger partial charge on any atom is 0.372 e. The minimum atomic E-state index is 0.0130. The number of aromatic nitrogens is 2. The van der Waals surface area contributed by atoms with Crippen LogP contribution in [0.5, 0.6) is 0 Å². The monoisotopic (exact) mass is 130 g/mol. The number of rotatable bonds is 0. The maximum absolute atomic E-state index is 8.31. The van der Waals surface area contributed by atoms with Crippen molar-refractivity contribution in [1.29, 1.82) is 5.26 Å². The molecule has 0 aromatic carbocycles. The second-order valence-electron chi connectivity index (χ2n) is 1.47. The van der Waals surface area contributed by atoms with Crippen molar-refractivity contribution in [3.63, 3.8) is 0 Å². The van der Waals surface area contributed by atoms with Crippen molar-refractivity contribution in [2.75, 3.05) is 0 Å². The normalized spacial score (nSPS) is 7.80. The van der Waals surface area contributed by atoms with Gasteiger partial charge >= 0.3 is 5.95 Å². The third-order valence-electron chi connectivity index (χ3n) is 0.857. The molecule has 0 aliphatic heterocycles. The number of nitriles is 1. The van der Waals surface area contributed by atoms with Gasteiger partial charge in [0.15, 0.2) is 0 Å². The zero-order chi connectivity index (χ0) is 7.40. The van der Waals surface area contributed by atoms with Crippen molar-refractivity contribution in [1.82, 2.24) is 9.97 Å². The molecule has 0 unspecified atom stereocenters. The summed E-state index contributed by atoms with van der Waals surface area (Å²) in [6, 6.07) is 3.26. The van der Waals surface area contributed by atoms with Gasteiger partial charge in [0.1, 0.15) is 6.07 Å². The first-order valence-corrected chi connectivity index (χ1v) is 2.47. The van der Waals surface area contributed by atoms with Crippen LogP contribution in [-0.4, -0.2) is 9.97 Å². The van der Waals surface area contributed by atoms with Gasteiger partial charge in [-0.2, -0.15) is 10.2 Å². The van der Waals surface area contributed by atoms with Crippen LogP contribution >= 0.6 is 0 Å². The van der Waals surface area contributed by atoms with E-state index >= 15 is 0 Å². The smallest absolute Gasteiger partial charge is 0.372 e. The summed E-state index contributed by atoms with van der Waals surface area (Å²) in [6.07, 6.45) is 1.39. The Hall–Kier alpha value is -1.94. The predicted molar refractivity (Wildman–Crippen MR) is 33.0 cm³/mol. The molecule has 1 aromatic rings. The topological polar surface area (TPSA) is 53.9 Å². The molecular formula is C6H2N4. The standard InChI is InChI=1S/C6H2N4/c1-8-6-9-3-2-5(4-7)10-6/h2-3H. The molecule has 0 radical (unpaired) electrons. The zero-order valence-corrected chi connectivity index (χ0v) is 4.94. The van der Waals surface area contributed by atoms with Crippen LogP contribution in [-0.2, 0) is 0 Å². The molecule has 0 aliphatic carbocycles. The molecule has 4 nitrogen and oxygen atoms in total. The molecule has 0 saturated carbocycles. The molecule has 10 heavy (non-hydrogen) atoms. The second-order valence-corrected chi connectivity index (χ2v) is 1.47. The fourth-order valence-electron chi connectivity index (χ4n) is 0.465. The first-order valence-electron chi connectivity index (χ1n) is 2.47. The van der Waals surface area contributed by atoms with Crippen LogP contribution in [0.15, 0.2) is 12.3 Å². The van der Waals surface area contributed by atoms with Gasteiger partial charge in [-0.25, -0.2) is 0 Å². The summed E-state index contributed by atoms with van der Waals surface area (Å²) in [4.78, 5) is 10.1. The summed E-state index contributed by atoms with van der Waals surface area (Å²) in [6.45, 7) is 6.51. The molecule has 0 spiro atoms. The van der Waals surface area contributed by atoms with Crippen LogP contribution < -0.4 is 0 Å². The second kappa shape index (κ2) is 2.56. The molecule has 0 atom stereocenters. The van der Waals surface area contributed by atoms with Crippen LogP contribution in [0.4, 0.5) is 5.95 Å². The van der Waals surface area contributed by atoms with Crippen molar-refractivity contribution >= 4 is 5.95 Å². The Morgan fingerprint density at radius 2 is 2.50 bits per heavy atom. The molecule has 0 bridgehead atoms. The van der Waals surface area contributed by atoms with E-state index in [4.69, 9.17) is 11.8 Å². The fourth-order valence-corrected chi connectivity index (χ4v) is 0.465. The largest absolute Gasteiger partial charge is 0.394 e. The fraction of sp³-hybridized carbons (Fsp3) is 0. The van der Waals surface area contributed by atoms with E-state index in [-0.39, 0.29) is 11.6 Å². The lowest BCUT2D eigenvalue weighted by Crippen LogP contribution is -1.82. The molecule has 1 heterocycles. The van der Waals surface area contributed by atoms with E-state index in [1.165, 1.54) is 12.3 Å². The number of nitrogens with zero attached hydrogens (tertiary/aromatic N) is 4. The van der Waals surface area contributed by atoms with Crippen molar-refractivity contribution < 1.29 is 0 Å². The highest BCUT2D eigenvalue weighted by Gasteiger charge is 1.96. The Bertz CT molecular complexity index is 288. The summed E-state index contributed by atoms with van der Waals surface area (Å²) in [7, 11) is 0. The van der Waals surface area contributed by atoms with Crippen LogP contribution in [0.2, 0.25) is 0 Å². The molecule has 1 aromatic heterocycles. The van der Waals surface area contributed by atoms with Gasteiger partial charge in [0.05, 0.1) is 6.20 Å². The highest BCUT2D eigenvalue weighted by Crippen LogP contribution is 2.01. The van der Waals surface area contributed by atoms with Gasteiger partial charge in [0.2, 0.25) is 5.69 Å². The van der Waals surface area contributed by atoms with Crippen LogP contribution in [0.1, 0.15) is 5.69 Å². The van der Waals surface area contributed by atoms with Crippen LogP contribution in [0, 0.1) is 17.9 Å². The first-order chi connectivity index (χ1) is 4.86. The van der Waals surface area contributed by atoms with Crippen molar-refractivity contribution in [3.05, 3.63) is 29.4 Å².